The number of nitrogens with zero attached hydrogens (tertiary/aromatic N) is 1. The van der Waals surface area contributed by atoms with Gasteiger partial charge in [-0.1, -0.05) is 25.6 Å². The minimum atomic E-state index is 0.661. The fourth-order valence-electron chi connectivity index (χ4n) is 1.61. The van der Waals surface area contributed by atoms with Gasteiger partial charge in [0, 0.05) is 16.7 Å². The monoisotopic (exact) mass is 332 g/mol. The van der Waals surface area contributed by atoms with Crippen LogP contribution in [0, 0.1) is 5.92 Å². The molecular weight excluding hydrogens is 316 g/mol. The lowest BCUT2D eigenvalue weighted by Gasteiger charge is -2.11. The molecule has 0 saturated carbocycles. The molecule has 0 radical (unpaired) electrons. The number of thioether (sulfide) groups is 1. The van der Waals surface area contributed by atoms with E-state index in [1.165, 1.54) is 8.66 Å². The quantitative estimate of drug-likeness (QED) is 0.907. The van der Waals surface area contributed by atoms with E-state index in [0.29, 0.717) is 11.2 Å². The molecular formula is C12H17BrN2S2. The first-order valence-corrected chi connectivity index (χ1v) is 8.33. The van der Waals surface area contributed by atoms with Gasteiger partial charge in [0.1, 0.15) is 0 Å². The van der Waals surface area contributed by atoms with Gasteiger partial charge in [0.05, 0.1) is 10.3 Å². The summed E-state index contributed by atoms with van der Waals surface area (Å²) in [6, 6.07) is 4.29. The molecule has 94 valence electrons. The lowest BCUT2D eigenvalue weighted by Crippen LogP contribution is -2.22. The molecule has 5 heteroatoms. The van der Waals surface area contributed by atoms with Gasteiger partial charge in [0.2, 0.25) is 0 Å². The van der Waals surface area contributed by atoms with Gasteiger partial charge in [-0.25, -0.2) is 0 Å². The molecule has 17 heavy (non-hydrogen) atoms. The summed E-state index contributed by atoms with van der Waals surface area (Å²) in [6.45, 7) is 6.47. The van der Waals surface area contributed by atoms with Crippen molar-refractivity contribution < 1.29 is 0 Å². The van der Waals surface area contributed by atoms with Crippen LogP contribution in [-0.2, 0) is 6.42 Å². The van der Waals surface area contributed by atoms with Crippen LogP contribution in [0.3, 0.4) is 0 Å². The summed E-state index contributed by atoms with van der Waals surface area (Å²) in [4.78, 5) is 5.95. The molecule has 1 aliphatic rings. The van der Waals surface area contributed by atoms with Crippen molar-refractivity contribution in [3.63, 3.8) is 0 Å². The standard InChI is InChI=1S/C12H17BrN2S2/c1-8(2)10-7-15-12(17-10)14-6-5-9-3-4-11(13)16-9/h3-4,8,10H,5-7H2,1-2H3,(H,14,15). The predicted molar refractivity (Wildman–Crippen MR) is 82.2 cm³/mol. The van der Waals surface area contributed by atoms with Gasteiger partial charge in [-0.15, -0.1) is 11.3 Å². The number of hydrogen-bond acceptors (Lipinski definition) is 4. The molecule has 1 unspecified atom stereocenters. The molecule has 2 nitrogen and oxygen atoms in total. The van der Waals surface area contributed by atoms with Crippen molar-refractivity contribution >= 4 is 44.2 Å². The lowest BCUT2D eigenvalue weighted by atomic mass is 10.1. The molecule has 0 fully saturated rings. The van der Waals surface area contributed by atoms with Crippen molar-refractivity contribution in [1.29, 1.82) is 0 Å². The summed E-state index contributed by atoms with van der Waals surface area (Å²) in [5.41, 5.74) is 0. The largest absolute Gasteiger partial charge is 0.365 e. The van der Waals surface area contributed by atoms with E-state index in [9.17, 15) is 0 Å². The molecule has 1 aromatic heterocycles. The summed E-state index contributed by atoms with van der Waals surface area (Å²) >= 11 is 7.18. The molecule has 2 rings (SSSR count). The lowest BCUT2D eigenvalue weighted by molar-refractivity contribution is 0.621. The number of amidine groups is 1. The van der Waals surface area contributed by atoms with Crippen molar-refractivity contribution in [1.82, 2.24) is 5.32 Å². The number of thiophene rings is 1. The topological polar surface area (TPSA) is 24.4 Å². The van der Waals surface area contributed by atoms with Gasteiger partial charge in [-0.2, -0.15) is 0 Å². The second kappa shape index (κ2) is 6.25. The Morgan fingerprint density at radius 2 is 2.35 bits per heavy atom. The molecule has 1 atom stereocenters. The normalized spacial score (nSPS) is 19.8. The third-order valence-corrected chi connectivity index (χ3v) is 5.87. The van der Waals surface area contributed by atoms with E-state index in [0.717, 1.165) is 24.7 Å². The highest BCUT2D eigenvalue weighted by atomic mass is 79.9. The Kier molecular flexibility index (Phi) is 4.94. The Morgan fingerprint density at radius 1 is 1.53 bits per heavy atom. The zero-order valence-electron chi connectivity index (χ0n) is 10.1. The van der Waals surface area contributed by atoms with Gasteiger partial charge in [0.15, 0.2) is 5.17 Å². The Bertz CT molecular complexity index is 401. The van der Waals surface area contributed by atoms with Gasteiger partial charge in [-0.05, 0) is 40.4 Å². The summed E-state index contributed by atoms with van der Waals surface area (Å²) in [6.07, 6.45) is 1.07. The van der Waals surface area contributed by atoms with Gasteiger partial charge < -0.3 is 5.32 Å². The average Bonchev–Trinajstić information content (AvgIpc) is 2.88. The number of halogens is 1. The molecule has 0 spiro atoms. The van der Waals surface area contributed by atoms with Gasteiger partial charge in [-0.3, -0.25) is 4.99 Å². The Hall–Kier alpha value is -0.000000000000000111. The van der Waals surface area contributed by atoms with E-state index in [1.807, 2.05) is 11.8 Å². The fourth-order valence-corrected chi connectivity index (χ4v) is 4.14. The smallest absolute Gasteiger partial charge is 0.156 e. The maximum atomic E-state index is 4.54. The van der Waals surface area contributed by atoms with E-state index in [4.69, 9.17) is 0 Å². The van der Waals surface area contributed by atoms with Crippen molar-refractivity contribution in [2.24, 2.45) is 10.9 Å². The van der Waals surface area contributed by atoms with Gasteiger partial charge >= 0.3 is 0 Å². The third kappa shape index (κ3) is 4.00. The number of hydrogen-bond donors (Lipinski definition) is 1. The van der Waals surface area contributed by atoms with Crippen molar-refractivity contribution in [2.75, 3.05) is 13.1 Å². The summed E-state index contributed by atoms with van der Waals surface area (Å²) in [5, 5.41) is 5.21. The minimum Gasteiger partial charge on any atom is -0.365 e. The van der Waals surface area contributed by atoms with E-state index in [2.05, 4.69) is 52.2 Å². The molecule has 0 aromatic carbocycles. The Balaban J connectivity index is 1.70. The van der Waals surface area contributed by atoms with Crippen LogP contribution in [0.15, 0.2) is 20.9 Å². The fraction of sp³-hybridized carbons (Fsp3) is 0.583. The molecule has 2 heterocycles. The van der Waals surface area contributed by atoms with Crippen LogP contribution in [0.1, 0.15) is 18.7 Å². The summed E-state index contributed by atoms with van der Waals surface area (Å²) < 4.78 is 1.21. The molecule has 0 bridgehead atoms. The third-order valence-electron chi connectivity index (χ3n) is 2.70. The molecule has 1 N–H and O–H groups in total. The van der Waals surface area contributed by atoms with Crippen LogP contribution in [0.4, 0.5) is 0 Å². The predicted octanol–water partition coefficient (Wildman–Crippen LogP) is 3.77. The molecule has 0 aliphatic carbocycles. The van der Waals surface area contributed by atoms with E-state index in [-0.39, 0.29) is 0 Å². The zero-order chi connectivity index (χ0) is 12.3. The van der Waals surface area contributed by atoms with Crippen LogP contribution >= 0.6 is 39.0 Å². The second-order valence-electron chi connectivity index (χ2n) is 4.43. The van der Waals surface area contributed by atoms with Crippen molar-refractivity contribution in [3.8, 4) is 0 Å². The summed E-state index contributed by atoms with van der Waals surface area (Å²) in [7, 11) is 0. The molecule has 1 aromatic rings. The van der Waals surface area contributed by atoms with Crippen molar-refractivity contribution in [3.05, 3.63) is 20.8 Å². The second-order valence-corrected chi connectivity index (χ2v) is 8.20. The first-order chi connectivity index (χ1) is 8.15. The maximum Gasteiger partial charge on any atom is 0.156 e. The zero-order valence-corrected chi connectivity index (χ0v) is 13.3. The van der Waals surface area contributed by atoms with Crippen molar-refractivity contribution in [2.45, 2.75) is 25.5 Å². The molecule has 1 aliphatic heterocycles. The minimum absolute atomic E-state index is 0.661. The number of nitrogens with one attached hydrogen (secondary N) is 1. The van der Waals surface area contributed by atoms with Gasteiger partial charge in [0.25, 0.3) is 0 Å². The Labute approximate surface area is 119 Å². The Morgan fingerprint density at radius 3 is 2.94 bits per heavy atom. The van der Waals surface area contributed by atoms with E-state index >= 15 is 0 Å². The van der Waals surface area contributed by atoms with Crippen LogP contribution in [-0.4, -0.2) is 23.5 Å². The highest BCUT2D eigenvalue weighted by Crippen LogP contribution is 2.26. The van der Waals surface area contributed by atoms with Crippen LogP contribution < -0.4 is 5.32 Å². The SMILES string of the molecule is CC(C)C1CN=C(NCCc2ccc(Br)s2)S1. The van der Waals surface area contributed by atoms with Crippen LogP contribution in [0.5, 0.6) is 0 Å². The number of aliphatic imine (C=N–C) groups is 1. The van der Waals surface area contributed by atoms with E-state index < -0.39 is 0 Å². The first kappa shape index (κ1) is 13.4. The highest BCUT2D eigenvalue weighted by molar-refractivity contribution is 9.11. The summed E-state index contributed by atoms with van der Waals surface area (Å²) in [5.74, 6) is 0.705. The maximum absolute atomic E-state index is 4.54. The van der Waals surface area contributed by atoms with Crippen LogP contribution in [0.25, 0.3) is 0 Å². The number of rotatable bonds is 4. The molecule has 0 amide bonds. The van der Waals surface area contributed by atoms with Crippen LogP contribution in [0.2, 0.25) is 0 Å². The average molecular weight is 333 g/mol. The molecule has 0 saturated heterocycles. The highest BCUT2D eigenvalue weighted by Gasteiger charge is 2.21. The first-order valence-electron chi connectivity index (χ1n) is 5.84. The van der Waals surface area contributed by atoms with E-state index in [1.54, 1.807) is 11.3 Å².